The molecule has 1 radical (unpaired) electrons. The molecule has 1 aromatic carbocycles. The van der Waals surface area contributed by atoms with Gasteiger partial charge >= 0.3 is 0 Å². The van der Waals surface area contributed by atoms with E-state index in [2.05, 4.69) is 43.4 Å². The molecular formula is C15H24N. The van der Waals surface area contributed by atoms with E-state index in [4.69, 9.17) is 0 Å². The molecule has 0 unspecified atom stereocenters. The first-order valence-electron chi connectivity index (χ1n) is 6.47. The van der Waals surface area contributed by atoms with E-state index in [0.717, 1.165) is 0 Å². The summed E-state index contributed by atoms with van der Waals surface area (Å²) in [5.74, 6) is 0. The minimum Gasteiger partial charge on any atom is -0.378 e. The van der Waals surface area contributed by atoms with E-state index in [0.29, 0.717) is 0 Å². The highest BCUT2D eigenvalue weighted by Crippen LogP contribution is 2.16. The molecule has 1 N–H and O–H groups in total. The van der Waals surface area contributed by atoms with Gasteiger partial charge in [-0.1, -0.05) is 57.2 Å². The van der Waals surface area contributed by atoms with Gasteiger partial charge in [-0.2, -0.15) is 0 Å². The van der Waals surface area contributed by atoms with Gasteiger partial charge in [0.05, 0.1) is 6.04 Å². The van der Waals surface area contributed by atoms with E-state index >= 15 is 0 Å². The summed E-state index contributed by atoms with van der Waals surface area (Å²) in [5, 5.41) is 3.45. The number of para-hydroxylation sites is 1. The Morgan fingerprint density at radius 2 is 1.69 bits per heavy atom. The van der Waals surface area contributed by atoms with Crippen molar-refractivity contribution in [2.45, 2.75) is 52.4 Å². The van der Waals surface area contributed by atoms with E-state index in [1.165, 1.54) is 50.3 Å². The van der Waals surface area contributed by atoms with Crippen LogP contribution in [0.4, 0.5) is 5.69 Å². The van der Waals surface area contributed by atoms with Crippen LogP contribution in [0.25, 0.3) is 0 Å². The van der Waals surface area contributed by atoms with Crippen LogP contribution in [-0.2, 0) is 0 Å². The third kappa shape index (κ3) is 5.79. The lowest BCUT2D eigenvalue weighted by Gasteiger charge is -2.13. The first kappa shape index (κ1) is 13.1. The van der Waals surface area contributed by atoms with Gasteiger partial charge in [0, 0.05) is 5.69 Å². The molecular weight excluding hydrogens is 194 g/mol. The molecule has 0 atom stereocenters. The lowest BCUT2D eigenvalue weighted by molar-refractivity contribution is 0.615. The Morgan fingerprint density at radius 1 is 1.00 bits per heavy atom. The normalized spacial score (nSPS) is 10.7. The van der Waals surface area contributed by atoms with Gasteiger partial charge in [-0.25, -0.2) is 0 Å². The van der Waals surface area contributed by atoms with Crippen LogP contribution in [0.3, 0.4) is 0 Å². The van der Waals surface area contributed by atoms with Gasteiger partial charge < -0.3 is 5.32 Å². The van der Waals surface area contributed by atoms with Crippen LogP contribution >= 0.6 is 0 Å². The molecule has 0 bridgehead atoms. The van der Waals surface area contributed by atoms with Gasteiger partial charge in [0.1, 0.15) is 0 Å². The first-order chi connectivity index (χ1) is 7.83. The van der Waals surface area contributed by atoms with Crippen molar-refractivity contribution in [2.75, 3.05) is 5.32 Å². The van der Waals surface area contributed by atoms with Crippen molar-refractivity contribution in [3.8, 4) is 0 Å². The summed E-state index contributed by atoms with van der Waals surface area (Å²) in [6, 6.07) is 11.8. The fourth-order valence-corrected chi connectivity index (χ4v) is 1.82. The van der Waals surface area contributed by atoms with E-state index in [-0.39, 0.29) is 0 Å². The Bertz CT molecular complexity index is 255. The molecule has 1 heteroatoms. The highest BCUT2D eigenvalue weighted by Gasteiger charge is 2.01. The average Bonchev–Trinajstić information content (AvgIpc) is 2.30. The number of hydrogen-bond donors (Lipinski definition) is 1. The maximum atomic E-state index is 3.45. The Balaban J connectivity index is 2.09. The van der Waals surface area contributed by atoms with Gasteiger partial charge in [-0.15, -0.1) is 0 Å². The molecule has 0 aliphatic rings. The summed E-state index contributed by atoms with van der Waals surface area (Å²) in [6.45, 7) is 4.45. The summed E-state index contributed by atoms with van der Waals surface area (Å²) < 4.78 is 0. The summed E-state index contributed by atoms with van der Waals surface area (Å²) in [5.41, 5.74) is 1.20. The molecule has 0 aliphatic heterocycles. The molecule has 0 amide bonds. The molecule has 0 spiro atoms. The van der Waals surface area contributed by atoms with Crippen LogP contribution in [0, 0.1) is 6.04 Å². The second-order valence-corrected chi connectivity index (χ2v) is 4.44. The number of rotatable bonds is 8. The minimum atomic E-state index is 1.19. The first-order valence-corrected chi connectivity index (χ1v) is 6.47. The number of anilines is 1. The van der Waals surface area contributed by atoms with Crippen molar-refractivity contribution in [1.29, 1.82) is 0 Å². The van der Waals surface area contributed by atoms with Gasteiger partial charge in [0.15, 0.2) is 0 Å². The average molecular weight is 218 g/mol. The molecule has 16 heavy (non-hydrogen) atoms. The van der Waals surface area contributed by atoms with Crippen LogP contribution < -0.4 is 5.32 Å². The number of unbranched alkanes of at least 4 members (excludes halogenated alkanes) is 4. The van der Waals surface area contributed by atoms with Gasteiger partial charge in [-0.3, -0.25) is 0 Å². The van der Waals surface area contributed by atoms with E-state index in [9.17, 15) is 0 Å². The standard InChI is InChI=1S/C15H24N/c1-3-4-5-6-8-11-14(2)16-15-12-9-7-10-13-15/h7,9-10,12-13,16H,3-6,8,11H2,1-2H3. The Kier molecular flexibility index (Phi) is 6.71. The quantitative estimate of drug-likeness (QED) is 0.605. The molecule has 89 valence electrons. The van der Waals surface area contributed by atoms with Crippen LogP contribution in [0.15, 0.2) is 30.3 Å². The molecule has 1 rings (SSSR count). The summed E-state index contributed by atoms with van der Waals surface area (Å²) in [6.07, 6.45) is 7.96. The highest BCUT2D eigenvalue weighted by atomic mass is 14.9. The molecule has 0 fully saturated rings. The lowest BCUT2D eigenvalue weighted by Crippen LogP contribution is -2.05. The SMILES string of the molecule is CCCCCCC[C](C)Nc1ccccc1. The molecule has 1 nitrogen and oxygen atoms in total. The molecule has 0 saturated heterocycles. The Hall–Kier alpha value is -0.980. The largest absolute Gasteiger partial charge is 0.378 e. The van der Waals surface area contributed by atoms with Crippen molar-refractivity contribution < 1.29 is 0 Å². The topological polar surface area (TPSA) is 12.0 Å². The Morgan fingerprint density at radius 3 is 2.38 bits per heavy atom. The van der Waals surface area contributed by atoms with Crippen molar-refractivity contribution in [3.63, 3.8) is 0 Å². The fraction of sp³-hybridized carbons (Fsp3) is 0.533. The summed E-state index contributed by atoms with van der Waals surface area (Å²) in [7, 11) is 0. The maximum absolute atomic E-state index is 3.45. The van der Waals surface area contributed by atoms with E-state index < -0.39 is 0 Å². The molecule has 0 heterocycles. The molecule has 0 aromatic heterocycles. The molecule has 0 saturated carbocycles. The summed E-state index contributed by atoms with van der Waals surface area (Å²) >= 11 is 0. The van der Waals surface area contributed by atoms with Gasteiger partial charge in [-0.05, 0) is 25.5 Å². The Labute approximate surface area is 100 Å². The zero-order valence-electron chi connectivity index (χ0n) is 10.6. The van der Waals surface area contributed by atoms with Gasteiger partial charge in [0.2, 0.25) is 0 Å². The second kappa shape index (κ2) is 8.20. The van der Waals surface area contributed by atoms with Crippen molar-refractivity contribution in [1.82, 2.24) is 0 Å². The maximum Gasteiger partial charge on any atom is 0.0572 e. The van der Waals surface area contributed by atoms with Crippen molar-refractivity contribution >= 4 is 5.69 Å². The second-order valence-electron chi connectivity index (χ2n) is 4.44. The zero-order valence-corrected chi connectivity index (χ0v) is 10.6. The van der Waals surface area contributed by atoms with Crippen molar-refractivity contribution in [2.24, 2.45) is 0 Å². The van der Waals surface area contributed by atoms with E-state index in [1.54, 1.807) is 0 Å². The summed E-state index contributed by atoms with van der Waals surface area (Å²) in [4.78, 5) is 0. The number of hydrogen-bond acceptors (Lipinski definition) is 1. The minimum absolute atomic E-state index is 1.19. The smallest absolute Gasteiger partial charge is 0.0572 e. The van der Waals surface area contributed by atoms with E-state index in [1.807, 2.05) is 6.07 Å². The molecule has 1 aromatic rings. The zero-order chi connectivity index (χ0) is 11.6. The molecule has 0 aliphatic carbocycles. The van der Waals surface area contributed by atoms with Gasteiger partial charge in [0.25, 0.3) is 0 Å². The highest BCUT2D eigenvalue weighted by molar-refractivity contribution is 5.45. The van der Waals surface area contributed by atoms with Crippen LogP contribution in [-0.4, -0.2) is 0 Å². The van der Waals surface area contributed by atoms with Crippen molar-refractivity contribution in [3.05, 3.63) is 36.4 Å². The fourth-order valence-electron chi connectivity index (χ4n) is 1.82. The lowest BCUT2D eigenvalue weighted by atomic mass is 10.1. The monoisotopic (exact) mass is 218 g/mol. The predicted molar refractivity (Wildman–Crippen MR) is 72.4 cm³/mol. The number of nitrogens with one attached hydrogen (secondary N) is 1. The van der Waals surface area contributed by atoms with Crippen LogP contribution in [0.1, 0.15) is 52.4 Å². The third-order valence-corrected chi connectivity index (χ3v) is 2.79. The number of benzene rings is 1. The predicted octanol–water partition coefficient (Wildman–Crippen LogP) is 5.01. The third-order valence-electron chi connectivity index (χ3n) is 2.79. The van der Waals surface area contributed by atoms with Crippen LogP contribution in [0.5, 0.6) is 0 Å². The van der Waals surface area contributed by atoms with Crippen LogP contribution in [0.2, 0.25) is 0 Å².